The molecule has 2 aliphatic rings. The summed E-state index contributed by atoms with van der Waals surface area (Å²) in [6.45, 7) is 9.84. The average Bonchev–Trinajstić information content (AvgIpc) is 3.18. The zero-order valence-electron chi connectivity index (χ0n) is 15.9. The Kier molecular flexibility index (Phi) is 7.08. The number of anilines is 1. The lowest BCUT2D eigenvalue weighted by atomic mass is 10.2. The van der Waals surface area contributed by atoms with Gasteiger partial charge in [0.15, 0.2) is 5.96 Å². The van der Waals surface area contributed by atoms with Gasteiger partial charge in [-0.05, 0) is 38.3 Å². The Bertz CT molecular complexity index is 572. The highest BCUT2D eigenvalue weighted by Gasteiger charge is 2.18. The lowest BCUT2D eigenvalue weighted by Gasteiger charge is -2.32. The molecule has 3 heterocycles. The zero-order chi connectivity index (χ0) is 18.2. The van der Waals surface area contributed by atoms with Gasteiger partial charge in [0.05, 0.1) is 25.4 Å². The molecule has 0 saturated carbocycles. The predicted octanol–water partition coefficient (Wildman–Crippen LogP) is 1.54. The van der Waals surface area contributed by atoms with Gasteiger partial charge in [-0.2, -0.15) is 0 Å². The smallest absolute Gasteiger partial charge is 0.191 e. The Labute approximate surface area is 156 Å². The van der Waals surface area contributed by atoms with Crippen LogP contribution in [-0.2, 0) is 16.0 Å². The number of guanidine groups is 1. The van der Waals surface area contributed by atoms with Gasteiger partial charge in [0, 0.05) is 39.0 Å². The third kappa shape index (κ3) is 5.57. The molecule has 0 aromatic carbocycles. The van der Waals surface area contributed by atoms with Crippen LogP contribution in [0.5, 0.6) is 0 Å². The molecular weight excluding hydrogens is 330 g/mol. The van der Waals surface area contributed by atoms with Crippen LogP contribution in [0.4, 0.5) is 5.82 Å². The summed E-state index contributed by atoms with van der Waals surface area (Å²) in [5.74, 6) is 1.84. The Hall–Kier alpha value is -1.86. The fourth-order valence-electron chi connectivity index (χ4n) is 3.25. The summed E-state index contributed by atoms with van der Waals surface area (Å²) in [6, 6.07) is 4.19. The summed E-state index contributed by atoms with van der Waals surface area (Å²) in [7, 11) is 0. The van der Waals surface area contributed by atoms with E-state index in [-0.39, 0.29) is 6.10 Å². The first-order valence-corrected chi connectivity index (χ1v) is 9.70. The predicted molar refractivity (Wildman–Crippen MR) is 104 cm³/mol. The standard InChI is InChI=1S/C19H31N5O2/c1-3-20-19(23-13-17-5-4-9-26-17)22-12-16-6-7-18(21-11-16)24-8-10-25-15(2)14-24/h6-7,11,15,17H,3-5,8-10,12-14H2,1-2H3,(H2,20,22,23). The van der Waals surface area contributed by atoms with Gasteiger partial charge in [-0.3, -0.25) is 0 Å². The molecule has 26 heavy (non-hydrogen) atoms. The first kappa shape index (κ1) is 18.9. The van der Waals surface area contributed by atoms with E-state index in [0.717, 1.165) is 69.6 Å². The highest BCUT2D eigenvalue weighted by molar-refractivity contribution is 5.79. The molecule has 0 aliphatic carbocycles. The monoisotopic (exact) mass is 361 g/mol. The number of nitrogens with one attached hydrogen (secondary N) is 2. The van der Waals surface area contributed by atoms with Gasteiger partial charge in [0.1, 0.15) is 5.82 Å². The molecule has 0 spiro atoms. The molecule has 0 radical (unpaired) electrons. The van der Waals surface area contributed by atoms with Gasteiger partial charge < -0.3 is 25.0 Å². The zero-order valence-corrected chi connectivity index (χ0v) is 15.9. The maximum atomic E-state index is 5.65. The lowest BCUT2D eigenvalue weighted by molar-refractivity contribution is 0.0529. The molecule has 2 atom stereocenters. The van der Waals surface area contributed by atoms with E-state index in [1.165, 1.54) is 0 Å². The molecule has 7 heteroatoms. The number of hydrogen-bond acceptors (Lipinski definition) is 5. The van der Waals surface area contributed by atoms with Crippen molar-refractivity contribution in [2.24, 2.45) is 4.99 Å². The van der Waals surface area contributed by atoms with Gasteiger partial charge in [-0.15, -0.1) is 0 Å². The van der Waals surface area contributed by atoms with Crippen molar-refractivity contribution in [2.45, 2.75) is 45.4 Å². The fraction of sp³-hybridized carbons (Fsp3) is 0.684. The molecule has 1 aromatic rings. The minimum absolute atomic E-state index is 0.257. The van der Waals surface area contributed by atoms with Crippen LogP contribution >= 0.6 is 0 Å². The number of aromatic nitrogens is 1. The van der Waals surface area contributed by atoms with Crippen molar-refractivity contribution in [3.05, 3.63) is 23.9 Å². The third-order valence-corrected chi connectivity index (χ3v) is 4.66. The van der Waals surface area contributed by atoms with Crippen molar-refractivity contribution >= 4 is 11.8 Å². The van der Waals surface area contributed by atoms with E-state index in [2.05, 4.69) is 51.5 Å². The third-order valence-electron chi connectivity index (χ3n) is 4.66. The van der Waals surface area contributed by atoms with Crippen LogP contribution in [0.1, 0.15) is 32.3 Å². The van der Waals surface area contributed by atoms with Crippen LogP contribution in [0, 0.1) is 0 Å². The second-order valence-electron chi connectivity index (χ2n) is 6.86. The normalized spacial score (nSPS) is 23.9. The number of ether oxygens (including phenoxy) is 2. The quantitative estimate of drug-likeness (QED) is 0.592. The second kappa shape index (κ2) is 9.73. The number of aliphatic imine (C=N–C) groups is 1. The molecule has 2 saturated heterocycles. The van der Waals surface area contributed by atoms with Crippen molar-refractivity contribution in [3.8, 4) is 0 Å². The van der Waals surface area contributed by atoms with E-state index >= 15 is 0 Å². The first-order chi connectivity index (χ1) is 12.7. The SMILES string of the molecule is CCNC(=NCc1ccc(N2CCOC(C)C2)nc1)NCC1CCCO1. The summed E-state index contributed by atoms with van der Waals surface area (Å²) in [4.78, 5) is 11.5. The maximum absolute atomic E-state index is 5.65. The minimum Gasteiger partial charge on any atom is -0.376 e. The Morgan fingerprint density at radius 2 is 2.23 bits per heavy atom. The minimum atomic E-state index is 0.257. The maximum Gasteiger partial charge on any atom is 0.191 e. The number of nitrogens with zero attached hydrogens (tertiary/aromatic N) is 3. The fourth-order valence-corrected chi connectivity index (χ4v) is 3.25. The van der Waals surface area contributed by atoms with Crippen LogP contribution < -0.4 is 15.5 Å². The molecule has 2 aliphatic heterocycles. The number of hydrogen-bond donors (Lipinski definition) is 2. The van der Waals surface area contributed by atoms with Crippen molar-refractivity contribution < 1.29 is 9.47 Å². The topological polar surface area (TPSA) is 71.0 Å². The molecule has 2 unspecified atom stereocenters. The Morgan fingerprint density at radius 3 is 2.92 bits per heavy atom. The Morgan fingerprint density at radius 1 is 1.31 bits per heavy atom. The summed E-state index contributed by atoms with van der Waals surface area (Å²) in [6.07, 6.45) is 4.75. The van der Waals surface area contributed by atoms with Gasteiger partial charge in [-0.25, -0.2) is 9.98 Å². The van der Waals surface area contributed by atoms with Crippen molar-refractivity contribution in [3.63, 3.8) is 0 Å². The van der Waals surface area contributed by atoms with E-state index in [9.17, 15) is 0 Å². The number of rotatable bonds is 6. The molecule has 144 valence electrons. The summed E-state index contributed by atoms with van der Waals surface area (Å²) in [5, 5.41) is 6.66. The van der Waals surface area contributed by atoms with E-state index < -0.39 is 0 Å². The van der Waals surface area contributed by atoms with E-state index in [1.54, 1.807) is 0 Å². The number of pyridine rings is 1. The van der Waals surface area contributed by atoms with Gasteiger partial charge in [-0.1, -0.05) is 6.07 Å². The molecule has 0 amide bonds. The van der Waals surface area contributed by atoms with Crippen molar-refractivity contribution in [1.29, 1.82) is 0 Å². The van der Waals surface area contributed by atoms with Gasteiger partial charge in [0.25, 0.3) is 0 Å². The van der Waals surface area contributed by atoms with Crippen LogP contribution in [0.25, 0.3) is 0 Å². The molecule has 1 aromatic heterocycles. The molecule has 2 N–H and O–H groups in total. The van der Waals surface area contributed by atoms with Crippen LogP contribution in [0.3, 0.4) is 0 Å². The second-order valence-corrected chi connectivity index (χ2v) is 6.86. The summed E-state index contributed by atoms with van der Waals surface area (Å²) >= 11 is 0. The van der Waals surface area contributed by atoms with Crippen molar-refractivity contribution in [1.82, 2.24) is 15.6 Å². The highest BCUT2D eigenvalue weighted by Crippen LogP contribution is 2.16. The van der Waals surface area contributed by atoms with Gasteiger partial charge >= 0.3 is 0 Å². The molecule has 2 fully saturated rings. The Balaban J connectivity index is 1.53. The lowest BCUT2D eigenvalue weighted by Crippen LogP contribution is -2.41. The molecular formula is C19H31N5O2. The summed E-state index contributed by atoms with van der Waals surface area (Å²) < 4.78 is 11.2. The van der Waals surface area contributed by atoms with E-state index in [1.807, 2.05) is 6.20 Å². The summed E-state index contributed by atoms with van der Waals surface area (Å²) in [5.41, 5.74) is 1.10. The molecule has 0 bridgehead atoms. The molecule has 3 rings (SSSR count). The average molecular weight is 361 g/mol. The van der Waals surface area contributed by atoms with E-state index in [0.29, 0.717) is 12.6 Å². The van der Waals surface area contributed by atoms with Crippen LogP contribution in [0.2, 0.25) is 0 Å². The largest absolute Gasteiger partial charge is 0.376 e. The van der Waals surface area contributed by atoms with Crippen LogP contribution in [-0.4, -0.2) is 62.5 Å². The van der Waals surface area contributed by atoms with E-state index in [4.69, 9.17) is 9.47 Å². The number of morpholine rings is 1. The van der Waals surface area contributed by atoms with Crippen molar-refractivity contribution in [2.75, 3.05) is 44.3 Å². The van der Waals surface area contributed by atoms with Crippen LogP contribution in [0.15, 0.2) is 23.3 Å². The first-order valence-electron chi connectivity index (χ1n) is 9.70. The molecule has 7 nitrogen and oxygen atoms in total. The highest BCUT2D eigenvalue weighted by atomic mass is 16.5. The van der Waals surface area contributed by atoms with Gasteiger partial charge in [0.2, 0.25) is 0 Å².